The van der Waals surface area contributed by atoms with Crippen LogP contribution in [0.15, 0.2) is 71.1 Å². The molecule has 0 radical (unpaired) electrons. The van der Waals surface area contributed by atoms with Crippen molar-refractivity contribution in [1.82, 2.24) is 5.32 Å². The maximum absolute atomic E-state index is 13.7. The SMILES string of the molecule is CC1=C(C(=O)OC2CCCCC2)[C@H](c2ccc(O)c([N+](=O)[O-])c2)C2=C(C[C@H](c3ccccc3)CC2=O)N1. The van der Waals surface area contributed by atoms with Crippen LogP contribution in [-0.4, -0.2) is 27.9 Å². The second-order valence-electron chi connectivity index (χ2n) is 10.1. The summed E-state index contributed by atoms with van der Waals surface area (Å²) >= 11 is 0. The maximum Gasteiger partial charge on any atom is 0.337 e. The highest BCUT2D eigenvalue weighted by Crippen LogP contribution is 2.47. The fourth-order valence-electron chi connectivity index (χ4n) is 5.87. The van der Waals surface area contributed by atoms with Crippen molar-refractivity contribution in [2.75, 3.05) is 0 Å². The fraction of sp³-hybridized carbons (Fsp3) is 0.379. The Labute approximate surface area is 215 Å². The monoisotopic (exact) mass is 502 g/mol. The molecule has 2 N–H and O–H groups in total. The van der Waals surface area contributed by atoms with E-state index in [1.165, 1.54) is 12.1 Å². The molecule has 1 heterocycles. The molecule has 5 rings (SSSR count). The molecule has 1 saturated carbocycles. The zero-order chi connectivity index (χ0) is 26.1. The number of rotatable bonds is 5. The predicted octanol–water partition coefficient (Wildman–Crippen LogP) is 5.54. The van der Waals surface area contributed by atoms with Crippen LogP contribution in [-0.2, 0) is 14.3 Å². The van der Waals surface area contributed by atoms with Gasteiger partial charge in [0.05, 0.1) is 10.5 Å². The molecular weight excluding hydrogens is 472 g/mol. The predicted molar refractivity (Wildman–Crippen MR) is 137 cm³/mol. The third kappa shape index (κ3) is 4.88. The number of carbonyl (C=O) groups is 2. The van der Waals surface area contributed by atoms with E-state index in [1.807, 2.05) is 30.3 Å². The Morgan fingerprint density at radius 2 is 1.78 bits per heavy atom. The molecule has 0 bridgehead atoms. The van der Waals surface area contributed by atoms with Crippen LogP contribution in [0.25, 0.3) is 0 Å². The maximum atomic E-state index is 13.7. The zero-order valence-corrected chi connectivity index (χ0v) is 20.7. The number of nitro groups is 1. The summed E-state index contributed by atoms with van der Waals surface area (Å²) in [4.78, 5) is 38.2. The highest BCUT2D eigenvalue weighted by atomic mass is 16.6. The largest absolute Gasteiger partial charge is 0.502 e. The first-order chi connectivity index (χ1) is 17.8. The molecule has 2 aromatic rings. The van der Waals surface area contributed by atoms with Crippen LogP contribution < -0.4 is 5.32 Å². The number of aromatic hydroxyl groups is 1. The van der Waals surface area contributed by atoms with E-state index in [2.05, 4.69) is 5.32 Å². The van der Waals surface area contributed by atoms with Gasteiger partial charge in [-0.1, -0.05) is 42.8 Å². The average molecular weight is 503 g/mol. The molecule has 0 saturated heterocycles. The van der Waals surface area contributed by atoms with E-state index in [4.69, 9.17) is 4.74 Å². The minimum atomic E-state index is -0.823. The lowest BCUT2D eigenvalue weighted by molar-refractivity contribution is -0.385. The second-order valence-corrected chi connectivity index (χ2v) is 10.1. The number of nitrogens with zero attached hydrogens (tertiary/aromatic N) is 1. The van der Waals surface area contributed by atoms with Crippen LogP contribution in [0.5, 0.6) is 5.75 Å². The topological polar surface area (TPSA) is 119 Å². The number of Topliss-reactive ketones (excluding diaryl/α,β-unsaturated/α-hetero) is 1. The summed E-state index contributed by atoms with van der Waals surface area (Å²) in [7, 11) is 0. The van der Waals surface area contributed by atoms with Crippen molar-refractivity contribution >= 4 is 17.4 Å². The number of dihydropyridines is 1. The number of carbonyl (C=O) groups excluding carboxylic acids is 2. The van der Waals surface area contributed by atoms with Crippen molar-refractivity contribution < 1.29 is 24.4 Å². The van der Waals surface area contributed by atoms with Gasteiger partial charge in [-0.25, -0.2) is 4.79 Å². The first-order valence-electron chi connectivity index (χ1n) is 12.8. The highest BCUT2D eigenvalue weighted by molar-refractivity contribution is 6.04. The normalized spacial score (nSPS) is 22.4. The van der Waals surface area contributed by atoms with Crippen LogP contribution in [0.2, 0.25) is 0 Å². The Morgan fingerprint density at radius 3 is 2.49 bits per heavy atom. The molecule has 1 fully saturated rings. The number of nitro benzene ring substituents is 1. The third-order valence-electron chi connectivity index (χ3n) is 7.67. The molecule has 37 heavy (non-hydrogen) atoms. The minimum absolute atomic E-state index is 0.0155. The van der Waals surface area contributed by atoms with Gasteiger partial charge in [-0.3, -0.25) is 14.9 Å². The van der Waals surface area contributed by atoms with Gasteiger partial charge in [0.15, 0.2) is 11.5 Å². The smallest absolute Gasteiger partial charge is 0.337 e. The summed E-state index contributed by atoms with van der Waals surface area (Å²) in [6.45, 7) is 1.78. The molecule has 2 aliphatic carbocycles. The number of phenolic OH excluding ortho intramolecular Hbond substituents is 1. The first kappa shape index (κ1) is 24.7. The zero-order valence-electron chi connectivity index (χ0n) is 20.7. The Balaban J connectivity index is 1.58. The second kappa shape index (κ2) is 10.2. The molecule has 3 aliphatic rings. The van der Waals surface area contributed by atoms with E-state index in [9.17, 15) is 24.8 Å². The van der Waals surface area contributed by atoms with Crippen molar-refractivity contribution in [3.63, 3.8) is 0 Å². The molecule has 0 unspecified atom stereocenters. The van der Waals surface area contributed by atoms with Crippen LogP contribution in [0.1, 0.15) is 74.8 Å². The number of hydrogen-bond acceptors (Lipinski definition) is 7. The van der Waals surface area contributed by atoms with Gasteiger partial charge in [-0.05, 0) is 62.1 Å². The van der Waals surface area contributed by atoms with E-state index in [0.717, 1.165) is 43.4 Å². The first-order valence-corrected chi connectivity index (χ1v) is 12.8. The van der Waals surface area contributed by atoms with E-state index < -0.39 is 28.2 Å². The van der Waals surface area contributed by atoms with Gasteiger partial charge in [0.25, 0.3) is 0 Å². The molecule has 192 valence electrons. The lowest BCUT2D eigenvalue weighted by atomic mass is 9.71. The summed E-state index contributed by atoms with van der Waals surface area (Å²) in [6.07, 6.45) is 5.36. The Hall–Kier alpha value is -3.94. The van der Waals surface area contributed by atoms with Crippen molar-refractivity contribution in [1.29, 1.82) is 0 Å². The van der Waals surface area contributed by atoms with Crippen LogP contribution in [0, 0.1) is 10.1 Å². The molecule has 2 atom stereocenters. The number of esters is 1. The molecule has 8 nitrogen and oxygen atoms in total. The number of ketones is 1. The molecule has 1 aliphatic heterocycles. The lowest BCUT2D eigenvalue weighted by Crippen LogP contribution is -2.37. The summed E-state index contributed by atoms with van der Waals surface area (Å²) in [5.41, 5.74) is 3.01. The lowest BCUT2D eigenvalue weighted by Gasteiger charge is -2.37. The van der Waals surface area contributed by atoms with Crippen LogP contribution in [0.4, 0.5) is 5.69 Å². The third-order valence-corrected chi connectivity index (χ3v) is 7.67. The van der Waals surface area contributed by atoms with Crippen LogP contribution in [0.3, 0.4) is 0 Å². The van der Waals surface area contributed by atoms with Gasteiger partial charge in [0.1, 0.15) is 6.10 Å². The van der Waals surface area contributed by atoms with E-state index in [0.29, 0.717) is 23.3 Å². The number of allylic oxidation sites excluding steroid dienone is 3. The standard InChI is InChI=1S/C29H30N2O6/c1-17-26(29(34)37-21-10-6-3-7-11-21)27(19-12-13-24(32)23(15-19)31(35)36)28-22(30-17)14-20(16-25(28)33)18-8-4-2-5-9-18/h2,4-5,8-9,12-13,15,20-21,27,30,32H,3,6-7,10-11,14,16H2,1H3/t20-,27-/m0/s1. The van der Waals surface area contributed by atoms with Gasteiger partial charge < -0.3 is 15.2 Å². The highest BCUT2D eigenvalue weighted by Gasteiger charge is 2.42. The number of benzene rings is 2. The number of hydrogen-bond donors (Lipinski definition) is 2. The van der Waals surface area contributed by atoms with Gasteiger partial charge in [-0.2, -0.15) is 0 Å². The Morgan fingerprint density at radius 1 is 1.05 bits per heavy atom. The molecule has 0 spiro atoms. The van der Waals surface area contributed by atoms with Gasteiger partial charge in [-0.15, -0.1) is 0 Å². The summed E-state index contributed by atoms with van der Waals surface area (Å²) < 4.78 is 5.91. The van der Waals surface area contributed by atoms with Crippen LogP contribution >= 0.6 is 0 Å². The molecular formula is C29H30N2O6. The summed E-state index contributed by atoms with van der Waals surface area (Å²) in [5, 5.41) is 25.0. The minimum Gasteiger partial charge on any atom is -0.502 e. The van der Waals surface area contributed by atoms with Crippen molar-refractivity contribution in [2.45, 2.75) is 69.8 Å². The van der Waals surface area contributed by atoms with Crippen molar-refractivity contribution in [3.05, 3.63) is 92.3 Å². The quantitative estimate of drug-likeness (QED) is 0.313. The van der Waals surface area contributed by atoms with Gasteiger partial charge in [0, 0.05) is 35.4 Å². The summed E-state index contributed by atoms with van der Waals surface area (Å²) in [5.74, 6) is -1.93. The summed E-state index contributed by atoms with van der Waals surface area (Å²) in [6, 6.07) is 13.9. The Kier molecular flexibility index (Phi) is 6.82. The van der Waals surface area contributed by atoms with E-state index in [-0.39, 0.29) is 29.8 Å². The molecule has 0 amide bonds. The average Bonchev–Trinajstić information content (AvgIpc) is 2.89. The molecule has 0 aromatic heterocycles. The van der Waals surface area contributed by atoms with E-state index >= 15 is 0 Å². The fourth-order valence-corrected chi connectivity index (χ4v) is 5.87. The number of ether oxygens (including phenoxy) is 1. The molecule has 8 heteroatoms. The van der Waals surface area contributed by atoms with Crippen molar-refractivity contribution in [3.8, 4) is 5.75 Å². The number of phenols is 1. The van der Waals surface area contributed by atoms with E-state index in [1.54, 1.807) is 13.0 Å². The number of nitrogens with one attached hydrogen (secondary N) is 1. The molecule has 2 aromatic carbocycles. The van der Waals surface area contributed by atoms with Gasteiger partial charge in [0.2, 0.25) is 0 Å². The Bertz CT molecular complexity index is 1310. The van der Waals surface area contributed by atoms with Crippen molar-refractivity contribution in [2.24, 2.45) is 0 Å². The van der Waals surface area contributed by atoms with Gasteiger partial charge >= 0.3 is 11.7 Å².